The summed E-state index contributed by atoms with van der Waals surface area (Å²) in [5, 5.41) is 3.02. The lowest BCUT2D eigenvalue weighted by Gasteiger charge is -2.35. The number of ether oxygens (including phenoxy) is 1. The maximum Gasteiger partial charge on any atom is 0.258 e. The first-order valence-electron chi connectivity index (χ1n) is 9.52. The molecule has 1 aromatic heterocycles. The van der Waals surface area contributed by atoms with Gasteiger partial charge in [0.25, 0.3) is 5.91 Å². The Morgan fingerprint density at radius 2 is 1.96 bits per heavy atom. The van der Waals surface area contributed by atoms with Crippen LogP contribution in [0.25, 0.3) is 0 Å². The maximum atomic E-state index is 12.9. The molecule has 144 valence electrons. The number of furan rings is 1. The Labute approximate surface area is 154 Å². The number of morpholine rings is 1. The molecule has 7 heteroatoms. The molecule has 1 N–H and O–H groups in total. The Bertz CT molecular complexity index is 637. The fraction of sp³-hybridized carbons (Fsp3) is 0.684. The molecule has 1 aromatic rings. The van der Waals surface area contributed by atoms with Gasteiger partial charge in [-0.15, -0.1) is 0 Å². The molecule has 0 radical (unpaired) electrons. The van der Waals surface area contributed by atoms with Crippen molar-refractivity contribution in [3.63, 3.8) is 0 Å². The number of aryl methyl sites for hydroxylation is 2. The predicted molar refractivity (Wildman–Crippen MR) is 97.1 cm³/mol. The number of hydrogen-bond donors (Lipinski definition) is 1. The van der Waals surface area contributed by atoms with Gasteiger partial charge in [-0.25, -0.2) is 0 Å². The normalized spacial score (nSPS) is 21.6. The van der Waals surface area contributed by atoms with Crippen LogP contribution in [0.15, 0.2) is 10.5 Å². The summed E-state index contributed by atoms with van der Waals surface area (Å²) in [5.41, 5.74) is 0.565. The van der Waals surface area contributed by atoms with Crippen LogP contribution in [0.1, 0.15) is 41.1 Å². The van der Waals surface area contributed by atoms with Crippen LogP contribution in [0.4, 0.5) is 0 Å². The highest BCUT2D eigenvalue weighted by Crippen LogP contribution is 2.23. The minimum absolute atomic E-state index is 0.0517. The molecule has 3 rings (SSSR count). The maximum absolute atomic E-state index is 12.9. The van der Waals surface area contributed by atoms with Crippen LogP contribution < -0.4 is 5.32 Å². The van der Waals surface area contributed by atoms with E-state index in [2.05, 4.69) is 10.2 Å². The third kappa shape index (κ3) is 4.45. The van der Waals surface area contributed by atoms with Crippen LogP contribution in [0.3, 0.4) is 0 Å². The third-order valence-electron chi connectivity index (χ3n) is 5.17. The Kier molecular flexibility index (Phi) is 6.32. The van der Waals surface area contributed by atoms with Gasteiger partial charge in [0.05, 0.1) is 18.8 Å². The SMILES string of the molecule is Cc1cc(C(=O)N2CCCCC2C(=O)NCCN2CCOCC2)c(C)o1. The van der Waals surface area contributed by atoms with Crippen LogP contribution in [0, 0.1) is 13.8 Å². The lowest BCUT2D eigenvalue weighted by Crippen LogP contribution is -2.53. The van der Waals surface area contributed by atoms with Gasteiger partial charge in [0.2, 0.25) is 5.91 Å². The molecule has 0 bridgehead atoms. The van der Waals surface area contributed by atoms with E-state index in [1.165, 1.54) is 0 Å². The highest BCUT2D eigenvalue weighted by molar-refractivity contribution is 5.98. The van der Waals surface area contributed by atoms with Crippen LogP contribution >= 0.6 is 0 Å². The summed E-state index contributed by atoms with van der Waals surface area (Å²) in [7, 11) is 0. The zero-order chi connectivity index (χ0) is 18.5. The van der Waals surface area contributed by atoms with E-state index in [4.69, 9.17) is 9.15 Å². The molecule has 2 aliphatic heterocycles. The minimum atomic E-state index is -0.393. The van der Waals surface area contributed by atoms with Crippen molar-refractivity contribution in [3.05, 3.63) is 23.2 Å². The highest BCUT2D eigenvalue weighted by atomic mass is 16.5. The second kappa shape index (κ2) is 8.68. The lowest BCUT2D eigenvalue weighted by atomic mass is 10.00. The molecule has 2 fully saturated rings. The second-order valence-corrected chi connectivity index (χ2v) is 7.08. The standard InChI is InChI=1S/C19H29N3O4/c1-14-13-16(15(2)26-14)19(24)22-7-4-3-5-17(22)18(23)20-6-8-21-9-11-25-12-10-21/h13,17H,3-12H2,1-2H3,(H,20,23). The van der Waals surface area contributed by atoms with Crippen LogP contribution in [-0.2, 0) is 9.53 Å². The molecule has 2 saturated heterocycles. The van der Waals surface area contributed by atoms with Crippen molar-refractivity contribution >= 4 is 11.8 Å². The average Bonchev–Trinajstić information content (AvgIpc) is 3.00. The van der Waals surface area contributed by atoms with Gasteiger partial charge in [-0.3, -0.25) is 14.5 Å². The molecule has 3 heterocycles. The van der Waals surface area contributed by atoms with Gasteiger partial charge in [0.15, 0.2) is 0 Å². The number of amides is 2. The van der Waals surface area contributed by atoms with Crippen LogP contribution in [0.2, 0.25) is 0 Å². The first-order chi connectivity index (χ1) is 12.6. The number of carbonyl (C=O) groups excluding carboxylic acids is 2. The first kappa shape index (κ1) is 18.9. The van der Waals surface area contributed by atoms with Crippen LogP contribution in [-0.4, -0.2) is 73.6 Å². The quantitative estimate of drug-likeness (QED) is 0.854. The molecule has 0 saturated carbocycles. The zero-order valence-electron chi connectivity index (χ0n) is 15.8. The van der Waals surface area contributed by atoms with Crippen molar-refractivity contribution in [3.8, 4) is 0 Å². The molecular formula is C19H29N3O4. The predicted octanol–water partition coefficient (Wildman–Crippen LogP) is 1.34. The summed E-state index contributed by atoms with van der Waals surface area (Å²) in [6.07, 6.45) is 2.61. The Balaban J connectivity index is 1.58. The van der Waals surface area contributed by atoms with Crippen molar-refractivity contribution in [2.24, 2.45) is 0 Å². The van der Waals surface area contributed by atoms with Gasteiger partial charge < -0.3 is 19.4 Å². The molecule has 0 aromatic carbocycles. The fourth-order valence-electron chi connectivity index (χ4n) is 3.72. The molecule has 1 atom stereocenters. The fourth-order valence-corrected chi connectivity index (χ4v) is 3.72. The van der Waals surface area contributed by atoms with Crippen LogP contribution in [0.5, 0.6) is 0 Å². The summed E-state index contributed by atoms with van der Waals surface area (Å²) >= 11 is 0. The molecule has 0 aliphatic carbocycles. The summed E-state index contributed by atoms with van der Waals surface area (Å²) in [4.78, 5) is 29.6. The van der Waals surface area contributed by atoms with E-state index >= 15 is 0 Å². The van der Waals surface area contributed by atoms with E-state index < -0.39 is 6.04 Å². The van der Waals surface area contributed by atoms with Gasteiger partial charge in [-0.05, 0) is 39.2 Å². The van der Waals surface area contributed by atoms with Crippen molar-refractivity contribution in [2.45, 2.75) is 39.2 Å². The summed E-state index contributed by atoms with van der Waals surface area (Å²) in [6, 6.07) is 1.37. The molecule has 0 spiro atoms. The van der Waals surface area contributed by atoms with Crippen molar-refractivity contribution < 1.29 is 18.7 Å². The Morgan fingerprint density at radius 1 is 1.19 bits per heavy atom. The number of likely N-dealkylation sites (tertiary alicyclic amines) is 1. The number of carbonyl (C=O) groups is 2. The number of nitrogens with one attached hydrogen (secondary N) is 1. The largest absolute Gasteiger partial charge is 0.466 e. The van der Waals surface area contributed by atoms with E-state index in [0.29, 0.717) is 30.8 Å². The lowest BCUT2D eigenvalue weighted by molar-refractivity contribution is -0.126. The highest BCUT2D eigenvalue weighted by Gasteiger charge is 2.33. The zero-order valence-corrected chi connectivity index (χ0v) is 15.8. The number of piperidine rings is 1. The molecule has 2 amide bonds. The number of hydrogen-bond acceptors (Lipinski definition) is 5. The Hall–Kier alpha value is -1.86. The average molecular weight is 363 g/mol. The minimum Gasteiger partial charge on any atom is -0.466 e. The van der Waals surface area contributed by atoms with E-state index in [0.717, 1.165) is 51.4 Å². The molecular weight excluding hydrogens is 334 g/mol. The number of rotatable bonds is 5. The van der Waals surface area contributed by atoms with E-state index in [1.54, 1.807) is 17.9 Å². The summed E-state index contributed by atoms with van der Waals surface area (Å²) in [6.45, 7) is 8.97. The second-order valence-electron chi connectivity index (χ2n) is 7.08. The van der Waals surface area contributed by atoms with Gasteiger partial charge in [0.1, 0.15) is 17.6 Å². The van der Waals surface area contributed by atoms with Gasteiger partial charge in [-0.1, -0.05) is 0 Å². The molecule has 7 nitrogen and oxygen atoms in total. The summed E-state index contributed by atoms with van der Waals surface area (Å²) < 4.78 is 10.8. The van der Waals surface area contributed by atoms with Gasteiger partial charge in [-0.2, -0.15) is 0 Å². The van der Waals surface area contributed by atoms with E-state index in [-0.39, 0.29) is 11.8 Å². The molecule has 26 heavy (non-hydrogen) atoms. The van der Waals surface area contributed by atoms with E-state index in [1.807, 2.05) is 6.92 Å². The van der Waals surface area contributed by atoms with Crippen molar-refractivity contribution in [1.29, 1.82) is 0 Å². The monoisotopic (exact) mass is 363 g/mol. The smallest absolute Gasteiger partial charge is 0.258 e. The van der Waals surface area contributed by atoms with Gasteiger partial charge >= 0.3 is 0 Å². The third-order valence-corrected chi connectivity index (χ3v) is 5.17. The number of nitrogens with zero attached hydrogens (tertiary/aromatic N) is 2. The first-order valence-corrected chi connectivity index (χ1v) is 9.52. The van der Waals surface area contributed by atoms with Crippen molar-refractivity contribution in [2.75, 3.05) is 45.9 Å². The Morgan fingerprint density at radius 3 is 2.65 bits per heavy atom. The summed E-state index contributed by atoms with van der Waals surface area (Å²) in [5.74, 6) is 1.18. The molecule has 2 aliphatic rings. The van der Waals surface area contributed by atoms with Crippen molar-refractivity contribution in [1.82, 2.24) is 15.1 Å². The van der Waals surface area contributed by atoms with E-state index in [9.17, 15) is 9.59 Å². The topological polar surface area (TPSA) is 75.0 Å². The van der Waals surface area contributed by atoms with Gasteiger partial charge in [0, 0.05) is 32.7 Å². The molecule has 1 unspecified atom stereocenters.